The van der Waals surface area contributed by atoms with Crippen molar-refractivity contribution in [2.45, 2.75) is 32.4 Å². The van der Waals surface area contributed by atoms with E-state index in [2.05, 4.69) is 58.6 Å². The highest BCUT2D eigenvalue weighted by atomic mass is 19.1. The molecule has 1 aliphatic heterocycles. The number of hydrogen-bond acceptors (Lipinski definition) is 3. The molecule has 0 saturated carbocycles. The zero-order valence-electron chi connectivity index (χ0n) is 19.6. The average Bonchev–Trinajstić information content (AvgIpc) is 3.52. The van der Waals surface area contributed by atoms with Gasteiger partial charge >= 0.3 is 0 Å². The number of likely N-dealkylation sites (N-methyl/N-ethyl adjacent to an activating group) is 1. The standard InChI is InChI=1S/C29H31FN4/c1-2-33-18-8-11-26(33)21-31-19-24-20-32-34(29(24)27-12-6-7-13-28(27)30)25-16-14-23(15-17-25)22-9-4-3-5-10-22/h3-7,9-10,12-17,20,26,31H,2,8,11,18-19,21H2,1H3. The van der Waals surface area contributed by atoms with Crippen molar-refractivity contribution < 1.29 is 4.39 Å². The Hall–Kier alpha value is -3.28. The van der Waals surface area contributed by atoms with Crippen molar-refractivity contribution in [1.29, 1.82) is 0 Å². The second-order valence-corrected chi connectivity index (χ2v) is 8.88. The number of nitrogens with zero attached hydrogens (tertiary/aromatic N) is 3. The predicted octanol–water partition coefficient (Wildman–Crippen LogP) is 5.92. The molecule has 1 fully saturated rings. The van der Waals surface area contributed by atoms with Crippen molar-refractivity contribution in [1.82, 2.24) is 20.0 Å². The molecule has 0 aliphatic carbocycles. The van der Waals surface area contributed by atoms with Gasteiger partial charge in [-0.05, 0) is 61.3 Å². The van der Waals surface area contributed by atoms with E-state index in [1.165, 1.54) is 31.0 Å². The van der Waals surface area contributed by atoms with E-state index >= 15 is 0 Å². The van der Waals surface area contributed by atoms with Crippen LogP contribution in [0.3, 0.4) is 0 Å². The van der Waals surface area contributed by atoms with Gasteiger partial charge in [0.2, 0.25) is 0 Å². The van der Waals surface area contributed by atoms with Gasteiger partial charge in [0, 0.05) is 30.3 Å². The molecule has 4 aromatic rings. The van der Waals surface area contributed by atoms with Gasteiger partial charge in [-0.15, -0.1) is 0 Å². The van der Waals surface area contributed by atoms with E-state index in [9.17, 15) is 4.39 Å². The molecule has 3 aromatic carbocycles. The molecule has 174 valence electrons. The Morgan fingerprint density at radius 1 is 0.941 bits per heavy atom. The van der Waals surface area contributed by atoms with Gasteiger partial charge in [-0.2, -0.15) is 5.10 Å². The molecule has 1 aromatic heterocycles. The monoisotopic (exact) mass is 454 g/mol. The molecule has 1 aliphatic rings. The van der Waals surface area contributed by atoms with Crippen LogP contribution in [0.4, 0.5) is 4.39 Å². The fourth-order valence-corrected chi connectivity index (χ4v) is 4.99. The molecule has 1 saturated heterocycles. The number of nitrogens with one attached hydrogen (secondary N) is 1. The molecule has 34 heavy (non-hydrogen) atoms. The van der Waals surface area contributed by atoms with Gasteiger partial charge in [-0.3, -0.25) is 4.90 Å². The third-order valence-electron chi connectivity index (χ3n) is 6.79. The molecule has 0 bridgehead atoms. The predicted molar refractivity (Wildman–Crippen MR) is 136 cm³/mol. The van der Waals surface area contributed by atoms with Crippen LogP contribution < -0.4 is 5.32 Å². The largest absolute Gasteiger partial charge is 0.311 e. The highest BCUT2D eigenvalue weighted by Gasteiger charge is 2.23. The molecule has 4 nitrogen and oxygen atoms in total. The summed E-state index contributed by atoms with van der Waals surface area (Å²) in [5.74, 6) is -0.237. The minimum atomic E-state index is -0.237. The summed E-state index contributed by atoms with van der Waals surface area (Å²) in [7, 11) is 0. The first-order valence-electron chi connectivity index (χ1n) is 12.2. The highest BCUT2D eigenvalue weighted by Crippen LogP contribution is 2.30. The van der Waals surface area contributed by atoms with E-state index in [-0.39, 0.29) is 5.82 Å². The fourth-order valence-electron chi connectivity index (χ4n) is 4.99. The Kier molecular flexibility index (Phi) is 6.84. The minimum Gasteiger partial charge on any atom is -0.311 e. The summed E-state index contributed by atoms with van der Waals surface area (Å²) >= 11 is 0. The number of likely N-dealkylation sites (tertiary alicyclic amines) is 1. The number of benzene rings is 3. The zero-order chi connectivity index (χ0) is 23.3. The lowest BCUT2D eigenvalue weighted by molar-refractivity contribution is 0.260. The lowest BCUT2D eigenvalue weighted by atomic mass is 10.0. The summed E-state index contributed by atoms with van der Waals surface area (Å²) in [6, 6.07) is 26.1. The van der Waals surface area contributed by atoms with E-state index in [1.807, 2.05) is 41.2 Å². The molecule has 5 rings (SSSR count). The van der Waals surface area contributed by atoms with Gasteiger partial charge < -0.3 is 5.32 Å². The van der Waals surface area contributed by atoms with Gasteiger partial charge in [-0.1, -0.05) is 61.5 Å². The van der Waals surface area contributed by atoms with Crippen LogP contribution in [-0.2, 0) is 6.54 Å². The van der Waals surface area contributed by atoms with Gasteiger partial charge in [0.25, 0.3) is 0 Å². The van der Waals surface area contributed by atoms with E-state index in [0.29, 0.717) is 18.2 Å². The van der Waals surface area contributed by atoms with Crippen LogP contribution in [-0.4, -0.2) is 40.4 Å². The summed E-state index contributed by atoms with van der Waals surface area (Å²) < 4.78 is 16.8. The van der Waals surface area contributed by atoms with Gasteiger partial charge in [-0.25, -0.2) is 9.07 Å². The minimum absolute atomic E-state index is 0.237. The van der Waals surface area contributed by atoms with Crippen LogP contribution in [0.15, 0.2) is 85.1 Å². The topological polar surface area (TPSA) is 33.1 Å². The van der Waals surface area contributed by atoms with Gasteiger partial charge in [0.1, 0.15) is 5.82 Å². The zero-order valence-corrected chi connectivity index (χ0v) is 19.6. The van der Waals surface area contributed by atoms with Crippen LogP contribution in [0, 0.1) is 5.82 Å². The van der Waals surface area contributed by atoms with Gasteiger partial charge in [0.05, 0.1) is 17.6 Å². The van der Waals surface area contributed by atoms with E-state index in [0.717, 1.165) is 35.6 Å². The third-order valence-corrected chi connectivity index (χ3v) is 6.79. The lowest BCUT2D eigenvalue weighted by Gasteiger charge is -2.23. The van der Waals surface area contributed by atoms with Crippen molar-refractivity contribution in [3.63, 3.8) is 0 Å². The maximum atomic E-state index is 14.9. The average molecular weight is 455 g/mol. The molecule has 0 spiro atoms. The van der Waals surface area contributed by atoms with Crippen LogP contribution in [0.2, 0.25) is 0 Å². The van der Waals surface area contributed by atoms with Crippen molar-refractivity contribution in [3.8, 4) is 28.1 Å². The SMILES string of the molecule is CCN1CCCC1CNCc1cnn(-c2ccc(-c3ccccc3)cc2)c1-c1ccccc1F. The Bertz CT molecular complexity index is 1220. The fraction of sp³-hybridized carbons (Fsp3) is 0.276. The van der Waals surface area contributed by atoms with Crippen LogP contribution >= 0.6 is 0 Å². The molecule has 1 unspecified atom stereocenters. The second-order valence-electron chi connectivity index (χ2n) is 8.88. The molecule has 0 amide bonds. The molecule has 1 N–H and O–H groups in total. The van der Waals surface area contributed by atoms with Gasteiger partial charge in [0.15, 0.2) is 0 Å². The summed E-state index contributed by atoms with van der Waals surface area (Å²) in [6.45, 7) is 6.08. The third kappa shape index (κ3) is 4.67. The van der Waals surface area contributed by atoms with E-state index < -0.39 is 0 Å². The first kappa shape index (κ1) is 22.5. The second kappa shape index (κ2) is 10.3. The Morgan fingerprint density at radius 2 is 1.68 bits per heavy atom. The van der Waals surface area contributed by atoms with Crippen molar-refractivity contribution >= 4 is 0 Å². The smallest absolute Gasteiger partial charge is 0.132 e. The van der Waals surface area contributed by atoms with Crippen molar-refractivity contribution in [3.05, 3.63) is 96.4 Å². The highest BCUT2D eigenvalue weighted by molar-refractivity contribution is 5.68. The molecular formula is C29H31FN4. The number of rotatable bonds is 8. The first-order valence-corrected chi connectivity index (χ1v) is 12.2. The molecular weight excluding hydrogens is 423 g/mol. The number of hydrogen-bond donors (Lipinski definition) is 1. The molecule has 5 heteroatoms. The first-order chi connectivity index (χ1) is 16.7. The van der Waals surface area contributed by atoms with E-state index in [1.54, 1.807) is 6.07 Å². The van der Waals surface area contributed by atoms with Crippen molar-refractivity contribution in [2.24, 2.45) is 0 Å². The Labute approximate surface area is 201 Å². The number of halogens is 1. The quantitative estimate of drug-likeness (QED) is 0.359. The maximum absolute atomic E-state index is 14.9. The normalized spacial score (nSPS) is 16.2. The van der Waals surface area contributed by atoms with Crippen LogP contribution in [0.1, 0.15) is 25.3 Å². The molecule has 0 radical (unpaired) electrons. The Morgan fingerprint density at radius 3 is 2.44 bits per heavy atom. The lowest BCUT2D eigenvalue weighted by Crippen LogP contribution is -2.37. The summed E-state index contributed by atoms with van der Waals surface area (Å²) in [5.41, 5.74) is 5.59. The van der Waals surface area contributed by atoms with Crippen molar-refractivity contribution in [2.75, 3.05) is 19.6 Å². The summed E-state index contributed by atoms with van der Waals surface area (Å²) in [6.07, 6.45) is 4.36. The molecule has 2 heterocycles. The summed E-state index contributed by atoms with van der Waals surface area (Å²) in [5, 5.41) is 8.30. The van der Waals surface area contributed by atoms with E-state index in [4.69, 9.17) is 0 Å². The van der Waals surface area contributed by atoms with Crippen LogP contribution in [0.5, 0.6) is 0 Å². The number of aromatic nitrogens is 2. The maximum Gasteiger partial charge on any atom is 0.132 e. The summed E-state index contributed by atoms with van der Waals surface area (Å²) in [4.78, 5) is 2.53. The Balaban J connectivity index is 1.43. The van der Waals surface area contributed by atoms with Crippen LogP contribution in [0.25, 0.3) is 28.1 Å². The molecule has 1 atom stereocenters.